The summed E-state index contributed by atoms with van der Waals surface area (Å²) in [6, 6.07) is 7.62. The van der Waals surface area contributed by atoms with Gasteiger partial charge in [0.1, 0.15) is 0 Å². The topological polar surface area (TPSA) is 89.7 Å². The van der Waals surface area contributed by atoms with Crippen LogP contribution >= 0.6 is 0 Å². The Morgan fingerprint density at radius 2 is 1.72 bits per heavy atom. The monoisotopic (exact) mass is 464 g/mol. The van der Waals surface area contributed by atoms with Crippen LogP contribution in [0.3, 0.4) is 0 Å². The van der Waals surface area contributed by atoms with E-state index in [1.54, 1.807) is 13.8 Å². The predicted octanol–water partition coefficient (Wildman–Crippen LogP) is 3.67. The number of sulfone groups is 1. The minimum Gasteiger partial charge on any atom is -0.376 e. The Labute approximate surface area is 193 Å². The molecule has 0 unspecified atom stereocenters. The third-order valence-electron chi connectivity index (χ3n) is 7.46. The smallest absolute Gasteiger partial charge is 0.239 e. The highest BCUT2D eigenvalue weighted by molar-refractivity contribution is 7.91. The third-order valence-corrected chi connectivity index (χ3v) is 9.61. The van der Waals surface area contributed by atoms with Gasteiger partial charge < -0.3 is 15.4 Å². The number of nitrogens with zero attached hydrogens (tertiary/aromatic N) is 1. The minimum atomic E-state index is -3.15. The number of likely N-dealkylation sites (N-methyl/N-ethyl adjacent to an activating group) is 1. The second kappa shape index (κ2) is 11.1. The number of amides is 1. The van der Waals surface area contributed by atoms with Crippen LogP contribution in [-0.2, 0) is 31.7 Å². The maximum Gasteiger partial charge on any atom is 0.239 e. The SMILES string of the molecule is CC(C)S(=O)(=O)Cc1ccccc1COCC1CCC([C@H](N)C(=O)N(C)C2CCC2)CC1. The summed E-state index contributed by atoms with van der Waals surface area (Å²) in [5.74, 6) is 0.867. The van der Waals surface area contributed by atoms with E-state index in [2.05, 4.69) is 0 Å². The van der Waals surface area contributed by atoms with Crippen molar-refractivity contribution in [3.8, 4) is 0 Å². The Hall–Kier alpha value is -1.44. The van der Waals surface area contributed by atoms with E-state index in [-0.39, 0.29) is 17.6 Å². The summed E-state index contributed by atoms with van der Waals surface area (Å²) in [6.07, 6.45) is 7.37. The van der Waals surface area contributed by atoms with Crippen LogP contribution in [0.25, 0.3) is 0 Å². The van der Waals surface area contributed by atoms with E-state index >= 15 is 0 Å². The number of hydrogen-bond donors (Lipinski definition) is 1. The van der Waals surface area contributed by atoms with Crippen LogP contribution in [0.1, 0.15) is 69.9 Å². The molecule has 6 nitrogen and oxygen atoms in total. The van der Waals surface area contributed by atoms with Crippen molar-refractivity contribution in [1.82, 2.24) is 4.90 Å². The molecule has 0 spiro atoms. The van der Waals surface area contributed by atoms with Gasteiger partial charge in [0.2, 0.25) is 5.91 Å². The molecule has 1 aromatic rings. The lowest BCUT2D eigenvalue weighted by Gasteiger charge is -2.38. The summed E-state index contributed by atoms with van der Waals surface area (Å²) in [4.78, 5) is 14.6. The fraction of sp³-hybridized carbons (Fsp3) is 0.720. The van der Waals surface area contributed by atoms with Gasteiger partial charge in [-0.05, 0) is 81.8 Å². The lowest BCUT2D eigenvalue weighted by molar-refractivity contribution is -0.136. The van der Waals surface area contributed by atoms with Gasteiger partial charge in [-0.2, -0.15) is 0 Å². The van der Waals surface area contributed by atoms with Gasteiger partial charge in [0.05, 0.1) is 23.7 Å². The number of rotatable bonds is 10. The molecular formula is C25H40N2O4S. The van der Waals surface area contributed by atoms with Gasteiger partial charge in [-0.15, -0.1) is 0 Å². The lowest BCUT2D eigenvalue weighted by Crippen LogP contribution is -2.52. The van der Waals surface area contributed by atoms with Gasteiger partial charge in [-0.3, -0.25) is 4.79 Å². The van der Waals surface area contributed by atoms with Crippen molar-refractivity contribution >= 4 is 15.7 Å². The van der Waals surface area contributed by atoms with Crippen LogP contribution in [-0.4, -0.2) is 50.2 Å². The summed E-state index contributed by atoms with van der Waals surface area (Å²) >= 11 is 0. The highest BCUT2D eigenvalue weighted by atomic mass is 32.2. The van der Waals surface area contributed by atoms with Crippen LogP contribution in [0, 0.1) is 11.8 Å². The molecule has 32 heavy (non-hydrogen) atoms. The molecule has 2 fully saturated rings. The summed E-state index contributed by atoms with van der Waals surface area (Å²) in [7, 11) is -1.25. The van der Waals surface area contributed by atoms with Crippen molar-refractivity contribution in [1.29, 1.82) is 0 Å². The molecule has 0 saturated heterocycles. The third kappa shape index (κ3) is 6.33. The highest BCUT2D eigenvalue weighted by Crippen LogP contribution is 2.32. The Morgan fingerprint density at radius 3 is 2.28 bits per heavy atom. The van der Waals surface area contributed by atoms with E-state index in [9.17, 15) is 13.2 Å². The molecular weight excluding hydrogens is 424 g/mol. The molecule has 0 aromatic heterocycles. The van der Waals surface area contributed by atoms with Gasteiger partial charge in [-0.25, -0.2) is 8.42 Å². The fourth-order valence-corrected chi connectivity index (χ4v) is 5.71. The molecule has 2 N–H and O–H groups in total. The van der Waals surface area contributed by atoms with Crippen LogP contribution in [0.2, 0.25) is 0 Å². The van der Waals surface area contributed by atoms with E-state index in [1.165, 1.54) is 6.42 Å². The summed E-state index contributed by atoms with van der Waals surface area (Å²) in [6.45, 7) is 4.52. The Kier molecular flexibility index (Phi) is 8.75. The Bertz CT molecular complexity index is 858. The molecule has 1 aromatic carbocycles. The molecule has 180 valence electrons. The first-order chi connectivity index (χ1) is 15.2. The fourth-order valence-electron chi connectivity index (χ4n) is 4.66. The summed E-state index contributed by atoms with van der Waals surface area (Å²) in [5, 5.41) is -0.390. The second-order valence-electron chi connectivity index (χ2n) is 9.98. The zero-order valence-corrected chi connectivity index (χ0v) is 20.6. The predicted molar refractivity (Wildman–Crippen MR) is 128 cm³/mol. The van der Waals surface area contributed by atoms with Crippen molar-refractivity contribution in [3.05, 3.63) is 35.4 Å². The molecule has 2 saturated carbocycles. The van der Waals surface area contributed by atoms with E-state index in [1.807, 2.05) is 36.2 Å². The standard InChI is InChI=1S/C25H40N2O4S/c1-18(2)32(29,30)17-22-8-5-4-7-21(22)16-31-15-19-11-13-20(14-12-19)24(26)25(28)27(3)23-9-6-10-23/h4-5,7-8,18-20,23-24H,6,9-17,26H2,1-3H3/t19?,20?,24-/m0/s1. The van der Waals surface area contributed by atoms with E-state index in [0.717, 1.165) is 49.7 Å². The van der Waals surface area contributed by atoms with Crippen molar-refractivity contribution < 1.29 is 17.9 Å². The Balaban J connectivity index is 1.43. The quantitative estimate of drug-likeness (QED) is 0.571. The van der Waals surface area contributed by atoms with Crippen molar-refractivity contribution in [3.63, 3.8) is 0 Å². The Morgan fingerprint density at radius 1 is 1.09 bits per heavy atom. The van der Waals surface area contributed by atoms with Crippen LogP contribution in [0.5, 0.6) is 0 Å². The number of ether oxygens (including phenoxy) is 1. The number of benzene rings is 1. The lowest BCUT2D eigenvalue weighted by atomic mass is 9.78. The van der Waals surface area contributed by atoms with E-state index < -0.39 is 21.1 Å². The molecule has 3 rings (SSSR count). The van der Waals surface area contributed by atoms with Crippen molar-refractivity contribution in [2.75, 3.05) is 13.7 Å². The number of nitrogens with two attached hydrogens (primary N) is 1. The normalized spacial score (nSPS) is 23.0. The molecule has 0 aliphatic heterocycles. The van der Waals surface area contributed by atoms with Gasteiger partial charge in [0.15, 0.2) is 9.84 Å². The molecule has 0 heterocycles. The van der Waals surface area contributed by atoms with Gasteiger partial charge in [0.25, 0.3) is 0 Å². The first-order valence-electron chi connectivity index (χ1n) is 12.1. The summed E-state index contributed by atoms with van der Waals surface area (Å²) < 4.78 is 30.7. The number of carbonyl (C=O) groups excluding carboxylic acids is 1. The van der Waals surface area contributed by atoms with Crippen LogP contribution in [0.4, 0.5) is 0 Å². The second-order valence-corrected chi connectivity index (χ2v) is 12.5. The zero-order valence-electron chi connectivity index (χ0n) is 19.8. The molecule has 1 atom stereocenters. The van der Waals surface area contributed by atoms with Crippen LogP contribution < -0.4 is 5.73 Å². The first kappa shape index (κ1) is 25.2. The minimum absolute atomic E-state index is 0.0521. The average molecular weight is 465 g/mol. The molecule has 0 bridgehead atoms. The molecule has 7 heteroatoms. The molecule has 1 amide bonds. The van der Waals surface area contributed by atoms with Gasteiger partial charge >= 0.3 is 0 Å². The number of hydrogen-bond acceptors (Lipinski definition) is 5. The first-order valence-corrected chi connectivity index (χ1v) is 13.8. The average Bonchev–Trinajstić information content (AvgIpc) is 2.73. The van der Waals surface area contributed by atoms with E-state index in [0.29, 0.717) is 25.2 Å². The molecule has 2 aliphatic carbocycles. The zero-order chi connectivity index (χ0) is 23.3. The maximum absolute atomic E-state index is 12.7. The summed E-state index contributed by atoms with van der Waals surface area (Å²) in [5.41, 5.74) is 8.11. The largest absolute Gasteiger partial charge is 0.376 e. The maximum atomic E-state index is 12.7. The molecule has 2 aliphatic rings. The molecule has 0 radical (unpaired) electrons. The highest BCUT2D eigenvalue weighted by Gasteiger charge is 2.34. The van der Waals surface area contributed by atoms with Crippen molar-refractivity contribution in [2.45, 2.75) is 88.5 Å². The van der Waals surface area contributed by atoms with Crippen molar-refractivity contribution in [2.24, 2.45) is 17.6 Å². The van der Waals surface area contributed by atoms with Gasteiger partial charge in [0, 0.05) is 19.7 Å². The van der Waals surface area contributed by atoms with Gasteiger partial charge in [-0.1, -0.05) is 24.3 Å². The van der Waals surface area contributed by atoms with E-state index in [4.69, 9.17) is 10.5 Å². The number of carbonyl (C=O) groups is 1. The van der Waals surface area contributed by atoms with Crippen LogP contribution in [0.15, 0.2) is 24.3 Å².